The summed E-state index contributed by atoms with van der Waals surface area (Å²) >= 11 is 0. The van der Waals surface area contributed by atoms with Gasteiger partial charge in [-0.05, 0) is 42.7 Å². The van der Waals surface area contributed by atoms with Gasteiger partial charge in [0.15, 0.2) is 0 Å². The Labute approximate surface area is 217 Å². The average Bonchev–Trinajstić information content (AvgIpc) is 2.64. The first-order valence-corrected chi connectivity index (χ1v) is 11.4. The van der Waals surface area contributed by atoms with E-state index in [9.17, 15) is 13.5 Å². The van der Waals surface area contributed by atoms with Crippen molar-refractivity contribution in [2.45, 2.75) is 69.6 Å². The second-order valence-electron chi connectivity index (χ2n) is 7.02. The molecule has 1 N–H and O–H groups in total. The van der Waals surface area contributed by atoms with E-state index in [1.807, 2.05) is 24.3 Å². The van der Waals surface area contributed by atoms with Crippen LogP contribution in [0.25, 0.3) is 0 Å². The third kappa shape index (κ3) is 9.51. The number of aryl methyl sites for hydroxylation is 1. The Morgan fingerprint density at radius 3 is 2.17 bits per heavy atom. The largest absolute Gasteiger partial charge is 1.00 e. The Morgan fingerprint density at radius 1 is 0.931 bits per heavy atom. The Morgan fingerprint density at radius 2 is 1.55 bits per heavy atom. The molecule has 2 rings (SSSR count). The van der Waals surface area contributed by atoms with Gasteiger partial charge in [0.2, 0.25) is 0 Å². The van der Waals surface area contributed by atoms with Crippen LogP contribution in [0.5, 0.6) is 17.2 Å². The van der Waals surface area contributed by atoms with Crippen molar-refractivity contribution in [1.82, 2.24) is 0 Å². The molecule has 0 saturated heterocycles. The first-order chi connectivity index (χ1) is 13.4. The minimum atomic E-state index is -4.52. The molecule has 0 bridgehead atoms. The van der Waals surface area contributed by atoms with Crippen molar-refractivity contribution in [1.29, 1.82) is 0 Å². The molecule has 0 spiro atoms. The summed E-state index contributed by atoms with van der Waals surface area (Å²) in [4.78, 5) is -0.646. The van der Waals surface area contributed by atoms with Gasteiger partial charge in [0.05, 0.1) is 4.90 Å². The molecule has 2 aromatic carbocycles. The van der Waals surface area contributed by atoms with Crippen LogP contribution >= 0.6 is 0 Å². The molecule has 0 fully saturated rings. The molecule has 0 unspecified atom stereocenters. The SMILES string of the molecule is CCCCCCCCCCc1ccccc1Oc1ccc(S(=O)(=O)O)c([O-])c1.[K+]. The number of hydrogen-bond acceptors (Lipinski definition) is 4. The molecule has 0 radical (unpaired) electrons. The molecule has 5 nitrogen and oxygen atoms in total. The monoisotopic (exact) mass is 444 g/mol. The molecule has 154 valence electrons. The fraction of sp³-hybridized carbons (Fsp3) is 0.455. The van der Waals surface area contributed by atoms with Crippen LogP contribution in [0.4, 0.5) is 0 Å². The predicted octanol–water partition coefficient (Wildman–Crippen LogP) is 2.49. The molecule has 7 heteroatoms. The third-order valence-corrected chi connectivity index (χ3v) is 5.59. The van der Waals surface area contributed by atoms with Gasteiger partial charge in [0, 0.05) is 0 Å². The Bertz CT molecular complexity index is 852. The molecule has 0 aliphatic heterocycles. The fourth-order valence-corrected chi connectivity index (χ4v) is 3.70. The number of ether oxygens (including phenoxy) is 1. The zero-order chi connectivity index (χ0) is 20.4. The zero-order valence-electron chi connectivity index (χ0n) is 17.4. The van der Waals surface area contributed by atoms with Crippen molar-refractivity contribution in [3.63, 3.8) is 0 Å². The zero-order valence-corrected chi connectivity index (χ0v) is 21.3. The predicted molar refractivity (Wildman–Crippen MR) is 109 cm³/mol. The van der Waals surface area contributed by atoms with E-state index in [4.69, 9.17) is 9.29 Å². The molecule has 0 saturated carbocycles. The van der Waals surface area contributed by atoms with Gasteiger partial charge in [-0.2, -0.15) is 8.42 Å². The van der Waals surface area contributed by atoms with E-state index in [1.54, 1.807) is 0 Å². The van der Waals surface area contributed by atoms with E-state index in [0.717, 1.165) is 30.5 Å². The van der Waals surface area contributed by atoms with Crippen LogP contribution in [-0.4, -0.2) is 13.0 Å². The maximum atomic E-state index is 11.9. The first kappa shape index (κ1) is 26.6. The maximum Gasteiger partial charge on any atom is 1.00 e. The Hall–Kier alpha value is -0.414. The average molecular weight is 445 g/mol. The van der Waals surface area contributed by atoms with Crippen molar-refractivity contribution < 1.29 is 74.2 Å². The first-order valence-electron chi connectivity index (χ1n) is 9.96. The molecule has 0 aliphatic rings. The standard InChI is InChI=1S/C22H30O5S.K/c1-2-3-4-5-6-7-8-9-12-18-13-10-11-14-21(18)27-19-15-16-22(20(23)17-19)28(24,25)26;/h10-11,13-17,23H,2-9,12H2,1H3,(H,24,25,26);/q;+1/p-1. The van der Waals surface area contributed by atoms with Crippen molar-refractivity contribution in [2.75, 3.05) is 0 Å². The summed E-state index contributed by atoms with van der Waals surface area (Å²) in [5.41, 5.74) is 1.06. The van der Waals surface area contributed by atoms with E-state index in [2.05, 4.69) is 6.92 Å². The number of unbranched alkanes of at least 4 members (excludes halogenated alkanes) is 7. The number of hydrogen-bond donors (Lipinski definition) is 1. The van der Waals surface area contributed by atoms with Gasteiger partial charge in [-0.25, -0.2) is 0 Å². The minimum Gasteiger partial charge on any atom is -0.871 e. The van der Waals surface area contributed by atoms with Gasteiger partial charge in [0.25, 0.3) is 10.1 Å². The molecule has 0 aliphatic carbocycles. The quantitative estimate of drug-likeness (QED) is 0.309. The third-order valence-electron chi connectivity index (χ3n) is 4.69. The van der Waals surface area contributed by atoms with Gasteiger partial charge in [-0.3, -0.25) is 4.55 Å². The van der Waals surface area contributed by atoms with Crippen LogP contribution in [0, 0.1) is 0 Å². The number of para-hydroxylation sites is 1. The molecule has 0 amide bonds. The normalized spacial score (nSPS) is 11.1. The molecular weight excluding hydrogens is 415 g/mol. The maximum absolute atomic E-state index is 11.9. The van der Waals surface area contributed by atoms with Gasteiger partial charge in [0.1, 0.15) is 11.5 Å². The second kappa shape index (κ2) is 13.8. The van der Waals surface area contributed by atoms with Crippen molar-refractivity contribution in [3.05, 3.63) is 48.0 Å². The Kier molecular flexibility index (Phi) is 12.7. The summed E-state index contributed by atoms with van der Waals surface area (Å²) < 4.78 is 37.1. The van der Waals surface area contributed by atoms with Gasteiger partial charge in [-0.15, -0.1) is 0 Å². The summed E-state index contributed by atoms with van der Waals surface area (Å²) in [6.45, 7) is 2.22. The summed E-state index contributed by atoms with van der Waals surface area (Å²) in [5.74, 6) is 0.116. The fourth-order valence-electron chi connectivity index (χ4n) is 3.15. The van der Waals surface area contributed by atoms with E-state index in [1.165, 1.54) is 51.0 Å². The van der Waals surface area contributed by atoms with Crippen LogP contribution in [0.3, 0.4) is 0 Å². The van der Waals surface area contributed by atoms with Gasteiger partial charge < -0.3 is 9.84 Å². The van der Waals surface area contributed by atoms with E-state index in [0.29, 0.717) is 5.75 Å². The van der Waals surface area contributed by atoms with E-state index >= 15 is 0 Å². The van der Waals surface area contributed by atoms with Crippen molar-refractivity contribution in [2.24, 2.45) is 0 Å². The number of benzene rings is 2. The van der Waals surface area contributed by atoms with Crippen LogP contribution in [0.2, 0.25) is 0 Å². The minimum absolute atomic E-state index is 0. The topological polar surface area (TPSA) is 86.7 Å². The van der Waals surface area contributed by atoms with Crippen LogP contribution < -0.4 is 61.2 Å². The van der Waals surface area contributed by atoms with Crippen LogP contribution in [-0.2, 0) is 16.5 Å². The smallest absolute Gasteiger partial charge is 0.871 e. The second-order valence-corrected chi connectivity index (χ2v) is 8.41. The molecular formula is C22H29KO5S. The van der Waals surface area contributed by atoms with Gasteiger partial charge >= 0.3 is 51.4 Å². The molecule has 0 aromatic heterocycles. The van der Waals surface area contributed by atoms with Crippen LogP contribution in [0.15, 0.2) is 47.4 Å². The summed E-state index contributed by atoms with van der Waals surface area (Å²) in [5, 5.41) is 11.9. The van der Waals surface area contributed by atoms with E-state index in [-0.39, 0.29) is 57.1 Å². The molecule has 0 atom stereocenters. The van der Waals surface area contributed by atoms with Crippen molar-refractivity contribution in [3.8, 4) is 17.2 Å². The van der Waals surface area contributed by atoms with Crippen LogP contribution in [0.1, 0.15) is 63.9 Å². The Balaban J connectivity index is 0.00000420. The molecule has 2 aromatic rings. The number of rotatable bonds is 12. The molecule has 0 heterocycles. The summed E-state index contributed by atoms with van der Waals surface area (Å²) in [6, 6.07) is 11.2. The van der Waals surface area contributed by atoms with Crippen molar-refractivity contribution >= 4 is 10.1 Å². The molecule has 29 heavy (non-hydrogen) atoms. The summed E-state index contributed by atoms with van der Waals surface area (Å²) in [7, 11) is -4.52. The van der Waals surface area contributed by atoms with E-state index < -0.39 is 20.8 Å². The van der Waals surface area contributed by atoms with Gasteiger partial charge in [-0.1, -0.05) is 75.8 Å². The summed E-state index contributed by atoms with van der Waals surface area (Å²) in [6.07, 6.45) is 10.9.